The highest BCUT2D eigenvalue weighted by Gasteiger charge is 2.14. The fourth-order valence-electron chi connectivity index (χ4n) is 2.29. The number of nitrogens with zero attached hydrogens (tertiary/aromatic N) is 3. The van der Waals surface area contributed by atoms with Gasteiger partial charge in [0.2, 0.25) is 0 Å². The lowest BCUT2D eigenvalue weighted by Gasteiger charge is -2.26. The average molecular weight is 279 g/mol. The summed E-state index contributed by atoms with van der Waals surface area (Å²) in [5.41, 5.74) is 1.03. The van der Waals surface area contributed by atoms with E-state index in [-0.39, 0.29) is 0 Å². The number of carboxylic acid groups (broad SMARTS) is 1. The van der Waals surface area contributed by atoms with E-state index in [1.807, 2.05) is 6.92 Å². The highest BCUT2D eigenvalue weighted by Crippen LogP contribution is 2.19. The van der Waals surface area contributed by atoms with Crippen LogP contribution in [0.3, 0.4) is 0 Å². The molecule has 0 amide bonds. The van der Waals surface area contributed by atoms with E-state index in [2.05, 4.69) is 28.6 Å². The molecule has 20 heavy (non-hydrogen) atoms. The zero-order chi connectivity index (χ0) is 15.0. The molecule has 0 bridgehead atoms. The van der Waals surface area contributed by atoms with Crippen molar-refractivity contribution in [2.24, 2.45) is 0 Å². The van der Waals surface area contributed by atoms with Crippen molar-refractivity contribution in [2.45, 2.75) is 27.2 Å². The molecular formula is C15H25N3O2. The first-order valence-corrected chi connectivity index (χ1v) is 7.28. The van der Waals surface area contributed by atoms with E-state index >= 15 is 0 Å². The van der Waals surface area contributed by atoms with E-state index in [1.165, 1.54) is 6.20 Å². The van der Waals surface area contributed by atoms with Gasteiger partial charge in [-0.3, -0.25) is 4.98 Å². The normalized spacial score (nSPS) is 10.8. The van der Waals surface area contributed by atoms with Crippen LogP contribution in [0.2, 0.25) is 0 Å². The number of carboxylic acids is 1. The van der Waals surface area contributed by atoms with Crippen LogP contribution in [0.15, 0.2) is 18.5 Å². The summed E-state index contributed by atoms with van der Waals surface area (Å²) in [6.45, 7) is 11.1. The van der Waals surface area contributed by atoms with E-state index in [4.69, 9.17) is 0 Å². The topological polar surface area (TPSA) is 56.7 Å². The Hall–Kier alpha value is -1.62. The van der Waals surface area contributed by atoms with Gasteiger partial charge in [0.1, 0.15) is 0 Å². The first kappa shape index (κ1) is 16.4. The van der Waals surface area contributed by atoms with Gasteiger partial charge >= 0.3 is 5.97 Å². The molecule has 1 N–H and O–H groups in total. The zero-order valence-corrected chi connectivity index (χ0v) is 12.7. The highest BCUT2D eigenvalue weighted by molar-refractivity contribution is 5.94. The summed E-state index contributed by atoms with van der Waals surface area (Å²) in [5.74, 6) is -0.899. The molecule has 0 saturated carbocycles. The van der Waals surface area contributed by atoms with Crippen LogP contribution >= 0.6 is 0 Å². The lowest BCUT2D eigenvalue weighted by Crippen LogP contribution is -2.30. The maximum atomic E-state index is 11.3. The van der Waals surface area contributed by atoms with Crippen molar-refractivity contribution in [3.63, 3.8) is 0 Å². The molecule has 0 atom stereocenters. The maximum Gasteiger partial charge on any atom is 0.337 e. The second-order valence-corrected chi connectivity index (χ2v) is 4.66. The van der Waals surface area contributed by atoms with Gasteiger partial charge in [-0.1, -0.05) is 13.8 Å². The molecule has 0 spiro atoms. The molecule has 0 aromatic carbocycles. The molecule has 0 aliphatic carbocycles. The second-order valence-electron chi connectivity index (χ2n) is 4.66. The number of rotatable bonds is 9. The number of hydrogen-bond acceptors (Lipinski definition) is 4. The number of aromatic nitrogens is 1. The smallest absolute Gasteiger partial charge is 0.337 e. The van der Waals surface area contributed by atoms with Crippen molar-refractivity contribution in [1.82, 2.24) is 9.88 Å². The molecule has 0 saturated heterocycles. The van der Waals surface area contributed by atoms with Crippen molar-refractivity contribution in [3.8, 4) is 0 Å². The van der Waals surface area contributed by atoms with Gasteiger partial charge in [-0.2, -0.15) is 0 Å². The molecule has 0 aliphatic heterocycles. The number of pyridine rings is 1. The largest absolute Gasteiger partial charge is 0.478 e. The summed E-state index contributed by atoms with van der Waals surface area (Å²) in [4.78, 5) is 19.8. The SMILES string of the molecule is CCN(CC)CCCN(CC)c1cnccc1C(=O)O. The highest BCUT2D eigenvalue weighted by atomic mass is 16.4. The number of aromatic carboxylic acids is 1. The summed E-state index contributed by atoms with van der Waals surface area (Å²) < 4.78 is 0. The first-order valence-electron chi connectivity index (χ1n) is 7.28. The van der Waals surface area contributed by atoms with Crippen molar-refractivity contribution < 1.29 is 9.90 Å². The van der Waals surface area contributed by atoms with Crippen LogP contribution in [-0.4, -0.2) is 53.7 Å². The van der Waals surface area contributed by atoms with Crippen LogP contribution < -0.4 is 4.90 Å². The Morgan fingerprint density at radius 2 is 1.90 bits per heavy atom. The minimum absolute atomic E-state index is 0.324. The third kappa shape index (κ3) is 4.49. The number of hydrogen-bond donors (Lipinski definition) is 1. The Bertz CT molecular complexity index is 419. The van der Waals surface area contributed by atoms with E-state index in [1.54, 1.807) is 12.3 Å². The van der Waals surface area contributed by atoms with Gasteiger partial charge < -0.3 is 14.9 Å². The minimum Gasteiger partial charge on any atom is -0.478 e. The van der Waals surface area contributed by atoms with Crippen LogP contribution in [0.4, 0.5) is 5.69 Å². The summed E-state index contributed by atoms with van der Waals surface area (Å²) in [7, 11) is 0. The van der Waals surface area contributed by atoms with E-state index in [0.717, 1.165) is 39.1 Å². The van der Waals surface area contributed by atoms with Crippen molar-refractivity contribution in [3.05, 3.63) is 24.0 Å². The van der Waals surface area contributed by atoms with Gasteiger partial charge in [-0.25, -0.2) is 4.79 Å². The quantitative estimate of drug-likeness (QED) is 0.752. The second kappa shape index (κ2) is 8.53. The lowest BCUT2D eigenvalue weighted by molar-refractivity contribution is 0.0697. The Balaban J connectivity index is 2.69. The van der Waals surface area contributed by atoms with Crippen LogP contribution in [0.25, 0.3) is 0 Å². The fourth-order valence-corrected chi connectivity index (χ4v) is 2.29. The molecule has 0 aliphatic rings. The summed E-state index contributed by atoms with van der Waals surface area (Å²) in [6.07, 6.45) is 4.19. The van der Waals surface area contributed by atoms with Crippen molar-refractivity contribution in [2.75, 3.05) is 37.6 Å². The van der Waals surface area contributed by atoms with Gasteiger partial charge in [-0.15, -0.1) is 0 Å². The maximum absolute atomic E-state index is 11.3. The first-order chi connectivity index (χ1) is 9.63. The van der Waals surface area contributed by atoms with Crippen LogP contribution in [0.1, 0.15) is 37.6 Å². The Kier molecular flexibility index (Phi) is 7.01. The summed E-state index contributed by atoms with van der Waals surface area (Å²) >= 11 is 0. The summed E-state index contributed by atoms with van der Waals surface area (Å²) in [6, 6.07) is 1.56. The zero-order valence-electron chi connectivity index (χ0n) is 12.7. The lowest BCUT2D eigenvalue weighted by atomic mass is 10.2. The van der Waals surface area contributed by atoms with Gasteiger partial charge in [0.25, 0.3) is 0 Å². The monoisotopic (exact) mass is 279 g/mol. The molecule has 1 rings (SSSR count). The van der Waals surface area contributed by atoms with Crippen LogP contribution in [-0.2, 0) is 0 Å². The Labute approximate surface area is 121 Å². The molecule has 5 heteroatoms. The van der Waals surface area contributed by atoms with Crippen molar-refractivity contribution in [1.29, 1.82) is 0 Å². The molecule has 1 aromatic rings. The van der Waals surface area contributed by atoms with Gasteiger partial charge in [-0.05, 0) is 39.0 Å². The minimum atomic E-state index is -0.899. The van der Waals surface area contributed by atoms with Gasteiger partial charge in [0, 0.05) is 19.3 Å². The molecule has 0 unspecified atom stereocenters. The van der Waals surface area contributed by atoms with E-state index in [9.17, 15) is 9.90 Å². The molecule has 0 radical (unpaired) electrons. The van der Waals surface area contributed by atoms with Crippen LogP contribution in [0.5, 0.6) is 0 Å². The molecule has 5 nitrogen and oxygen atoms in total. The van der Waals surface area contributed by atoms with Crippen molar-refractivity contribution >= 4 is 11.7 Å². The molecule has 1 aromatic heterocycles. The predicted molar refractivity (Wildman–Crippen MR) is 81.5 cm³/mol. The Morgan fingerprint density at radius 1 is 1.20 bits per heavy atom. The molecule has 1 heterocycles. The number of anilines is 1. The fraction of sp³-hybridized carbons (Fsp3) is 0.600. The predicted octanol–water partition coefficient (Wildman–Crippen LogP) is 2.34. The standard InChI is InChI=1S/C15H25N3O2/c1-4-17(5-2)10-7-11-18(6-3)14-12-16-9-8-13(14)15(19)20/h8-9,12H,4-7,10-11H2,1-3H3,(H,19,20). The van der Waals surface area contributed by atoms with Crippen LogP contribution in [0, 0.1) is 0 Å². The third-order valence-corrected chi connectivity index (χ3v) is 3.55. The summed E-state index contributed by atoms with van der Waals surface area (Å²) in [5, 5.41) is 9.24. The van der Waals surface area contributed by atoms with Gasteiger partial charge in [0.15, 0.2) is 0 Å². The Morgan fingerprint density at radius 3 is 2.45 bits per heavy atom. The van der Waals surface area contributed by atoms with E-state index in [0.29, 0.717) is 11.3 Å². The van der Waals surface area contributed by atoms with Gasteiger partial charge in [0.05, 0.1) is 17.4 Å². The average Bonchev–Trinajstić information content (AvgIpc) is 2.47. The third-order valence-electron chi connectivity index (χ3n) is 3.55. The number of carbonyl (C=O) groups is 1. The molecular weight excluding hydrogens is 254 g/mol. The molecule has 112 valence electrons. The van der Waals surface area contributed by atoms with E-state index < -0.39 is 5.97 Å². The molecule has 0 fully saturated rings.